The summed E-state index contributed by atoms with van der Waals surface area (Å²) in [6.07, 6.45) is 0. The number of hydrogen-bond donors (Lipinski definition) is 1. The molecule has 0 fully saturated rings. The van der Waals surface area contributed by atoms with Crippen LogP contribution in [0, 0.1) is 0 Å². The molecule has 5 nitrogen and oxygen atoms in total. The molecule has 0 aliphatic carbocycles. The van der Waals surface area contributed by atoms with Gasteiger partial charge in [-0.25, -0.2) is 0 Å². The highest BCUT2D eigenvalue weighted by Crippen LogP contribution is 2.19. The van der Waals surface area contributed by atoms with E-state index in [1.54, 1.807) is 14.0 Å². The van der Waals surface area contributed by atoms with Gasteiger partial charge in [0, 0.05) is 6.54 Å². The molecule has 1 N–H and O–H groups in total. The van der Waals surface area contributed by atoms with Crippen LogP contribution >= 0.6 is 0 Å². The van der Waals surface area contributed by atoms with Gasteiger partial charge in [0.2, 0.25) is 0 Å². The number of benzene rings is 1. The Bertz CT molecular complexity index is 641. The highest BCUT2D eigenvalue weighted by Gasteiger charge is 2.21. The van der Waals surface area contributed by atoms with Gasteiger partial charge in [-0.15, -0.1) is 0 Å². The molecule has 19 heavy (non-hydrogen) atoms. The van der Waals surface area contributed by atoms with Gasteiger partial charge in [-0.05, 0) is 24.6 Å². The van der Waals surface area contributed by atoms with E-state index in [9.17, 15) is 9.59 Å². The van der Waals surface area contributed by atoms with E-state index in [4.69, 9.17) is 9.47 Å². The minimum absolute atomic E-state index is 0.135. The van der Waals surface area contributed by atoms with Crippen molar-refractivity contribution in [2.45, 2.75) is 13.5 Å². The largest absolute Gasteiger partial charge is 0.497 e. The first kappa shape index (κ1) is 13.1. The molecule has 0 bridgehead atoms. The molecule has 0 heterocycles. The summed E-state index contributed by atoms with van der Waals surface area (Å²) in [7, 11) is 1.59. The Morgan fingerprint density at radius 3 is 2.68 bits per heavy atom. The van der Waals surface area contributed by atoms with Gasteiger partial charge < -0.3 is 14.8 Å². The smallest absolute Gasteiger partial charge is 0.272 e. The summed E-state index contributed by atoms with van der Waals surface area (Å²) in [6, 6.07) is 7.47. The molecule has 100 valence electrons. The Labute approximate surface area is 110 Å². The van der Waals surface area contributed by atoms with Gasteiger partial charge in [0.15, 0.2) is 5.75 Å². The number of ether oxygens (including phenoxy) is 2. The maximum atomic E-state index is 11.4. The lowest BCUT2D eigenvalue weighted by Gasteiger charge is -2.13. The van der Waals surface area contributed by atoms with Gasteiger partial charge in [-0.1, -0.05) is 12.1 Å². The van der Waals surface area contributed by atoms with Crippen LogP contribution in [0.5, 0.6) is 11.5 Å². The molecular weight excluding hydrogens is 246 g/mol. The Morgan fingerprint density at radius 1 is 1.21 bits per heavy atom. The quantitative estimate of drug-likeness (QED) is 0.794. The Kier molecular flexibility index (Phi) is 3.85. The molecule has 0 unspecified atom stereocenters. The number of methoxy groups -OCH3 is 1. The van der Waals surface area contributed by atoms with E-state index in [2.05, 4.69) is 5.32 Å². The fourth-order valence-corrected chi connectivity index (χ4v) is 1.79. The molecule has 0 aliphatic heterocycles. The summed E-state index contributed by atoms with van der Waals surface area (Å²) in [4.78, 5) is 22.7. The summed E-state index contributed by atoms with van der Waals surface area (Å²) < 4.78 is 10.2. The number of rotatable bonds is 6. The van der Waals surface area contributed by atoms with Crippen LogP contribution in [0.2, 0.25) is 0 Å². The third kappa shape index (κ3) is 2.59. The van der Waals surface area contributed by atoms with Crippen LogP contribution in [-0.4, -0.2) is 13.7 Å². The highest BCUT2D eigenvalue weighted by molar-refractivity contribution is 5.62. The molecule has 0 saturated heterocycles. The first-order valence-electron chi connectivity index (χ1n) is 6.00. The number of anilines is 1. The zero-order chi connectivity index (χ0) is 13.8. The van der Waals surface area contributed by atoms with Crippen LogP contribution in [0.25, 0.3) is 0 Å². The van der Waals surface area contributed by atoms with E-state index in [0.717, 1.165) is 11.3 Å². The summed E-state index contributed by atoms with van der Waals surface area (Å²) in [6.45, 7) is 2.56. The van der Waals surface area contributed by atoms with Crippen LogP contribution in [-0.2, 0) is 6.54 Å². The van der Waals surface area contributed by atoms with Crippen molar-refractivity contribution < 1.29 is 9.47 Å². The molecule has 2 aromatic rings. The molecule has 0 aliphatic rings. The molecule has 0 atom stereocenters. The zero-order valence-corrected chi connectivity index (χ0v) is 10.9. The first-order chi connectivity index (χ1) is 9.17. The molecule has 0 spiro atoms. The van der Waals surface area contributed by atoms with Crippen molar-refractivity contribution in [3.05, 3.63) is 50.3 Å². The molecule has 0 amide bonds. The van der Waals surface area contributed by atoms with Crippen molar-refractivity contribution in [1.82, 2.24) is 0 Å². The van der Waals surface area contributed by atoms with Crippen LogP contribution in [0.3, 0.4) is 0 Å². The van der Waals surface area contributed by atoms with E-state index < -0.39 is 10.9 Å². The fourth-order valence-electron chi connectivity index (χ4n) is 1.79. The zero-order valence-electron chi connectivity index (χ0n) is 10.9. The van der Waals surface area contributed by atoms with Crippen LogP contribution in [0.15, 0.2) is 33.9 Å². The van der Waals surface area contributed by atoms with Crippen molar-refractivity contribution in [2.75, 3.05) is 19.0 Å². The van der Waals surface area contributed by atoms with E-state index in [-0.39, 0.29) is 11.4 Å². The molecule has 0 saturated carbocycles. The monoisotopic (exact) mass is 261 g/mol. The first-order valence-corrected chi connectivity index (χ1v) is 6.00. The van der Waals surface area contributed by atoms with Gasteiger partial charge in [0.05, 0.1) is 13.7 Å². The highest BCUT2D eigenvalue weighted by atomic mass is 16.5. The van der Waals surface area contributed by atoms with E-state index in [1.165, 1.54) is 0 Å². The average Bonchev–Trinajstić information content (AvgIpc) is 2.46. The van der Waals surface area contributed by atoms with E-state index in [0.29, 0.717) is 13.2 Å². The van der Waals surface area contributed by atoms with Gasteiger partial charge >= 0.3 is 0 Å². The van der Waals surface area contributed by atoms with E-state index >= 15 is 0 Å². The van der Waals surface area contributed by atoms with Gasteiger partial charge in [-0.3, -0.25) is 9.59 Å². The van der Waals surface area contributed by atoms with Crippen LogP contribution in [0.1, 0.15) is 12.5 Å². The summed E-state index contributed by atoms with van der Waals surface area (Å²) in [5.74, 6) is 0.879. The fraction of sp³-hybridized carbons (Fsp3) is 0.286. The summed E-state index contributed by atoms with van der Waals surface area (Å²) in [5, 5.41) is 2.93. The molecule has 0 radical (unpaired) electrons. The second-order valence-corrected chi connectivity index (χ2v) is 4.00. The van der Waals surface area contributed by atoms with Crippen molar-refractivity contribution in [2.24, 2.45) is 0 Å². The van der Waals surface area contributed by atoms with Crippen molar-refractivity contribution in [1.29, 1.82) is 0 Å². The van der Waals surface area contributed by atoms with Crippen LogP contribution < -0.4 is 25.6 Å². The predicted octanol–water partition coefficient (Wildman–Crippen LogP) is 1.30. The Balaban J connectivity index is 2.08. The lowest BCUT2D eigenvalue weighted by atomic mass is 10.2. The average molecular weight is 261 g/mol. The molecule has 2 rings (SSSR count). The molecule has 5 heteroatoms. The van der Waals surface area contributed by atoms with Gasteiger partial charge in [0.1, 0.15) is 11.4 Å². The maximum Gasteiger partial charge on any atom is 0.272 e. The van der Waals surface area contributed by atoms with Gasteiger partial charge in [0.25, 0.3) is 10.9 Å². The number of hydrogen-bond acceptors (Lipinski definition) is 5. The maximum absolute atomic E-state index is 11.4. The normalized spacial score (nSPS) is 10.4. The van der Waals surface area contributed by atoms with E-state index in [1.807, 2.05) is 24.3 Å². The second-order valence-electron chi connectivity index (χ2n) is 4.00. The topological polar surface area (TPSA) is 64.6 Å². The van der Waals surface area contributed by atoms with Crippen molar-refractivity contribution in [3.63, 3.8) is 0 Å². The third-order valence-electron chi connectivity index (χ3n) is 2.76. The lowest BCUT2D eigenvalue weighted by Crippen LogP contribution is -2.35. The molecular formula is C14H15NO4. The van der Waals surface area contributed by atoms with Crippen LogP contribution in [0.4, 0.5) is 5.69 Å². The summed E-state index contributed by atoms with van der Waals surface area (Å²) in [5.41, 5.74) is 0.130. The van der Waals surface area contributed by atoms with Crippen molar-refractivity contribution in [3.8, 4) is 11.5 Å². The lowest BCUT2D eigenvalue weighted by molar-refractivity contribution is 0.334. The Morgan fingerprint density at radius 2 is 2.00 bits per heavy atom. The third-order valence-corrected chi connectivity index (χ3v) is 2.76. The predicted molar refractivity (Wildman–Crippen MR) is 72.8 cm³/mol. The van der Waals surface area contributed by atoms with Crippen molar-refractivity contribution >= 4 is 5.69 Å². The Hall–Kier alpha value is -2.30. The van der Waals surface area contributed by atoms with Gasteiger partial charge in [-0.2, -0.15) is 0 Å². The molecule has 2 aromatic carbocycles. The standard InChI is InChI=1S/C14H15NO4/c1-3-19-14-11(12(16)13(14)17)15-8-9-5-4-6-10(7-9)18-2/h4-7,15H,3,8H2,1-2H3. The minimum atomic E-state index is -0.560. The SMILES string of the molecule is CCOc1c(NCc2cccc(OC)c2)c(=O)c1=O. The second kappa shape index (κ2) is 5.56. The minimum Gasteiger partial charge on any atom is -0.497 e. The summed E-state index contributed by atoms with van der Waals surface area (Å²) >= 11 is 0. The number of nitrogens with one attached hydrogen (secondary N) is 1. The molecule has 0 aromatic heterocycles.